The summed E-state index contributed by atoms with van der Waals surface area (Å²) in [5, 5.41) is 1.66. The smallest absolute Gasteiger partial charge is 0.337 e. The van der Waals surface area contributed by atoms with E-state index in [-0.39, 0.29) is 16.8 Å². The van der Waals surface area contributed by atoms with Crippen molar-refractivity contribution in [2.24, 2.45) is 0 Å². The molecule has 0 bridgehead atoms. The Hall–Kier alpha value is -7.12. The van der Waals surface area contributed by atoms with Crippen LogP contribution in [0.2, 0.25) is 0 Å². The van der Waals surface area contributed by atoms with Crippen LogP contribution in [0.4, 0.5) is 0 Å². The van der Waals surface area contributed by atoms with E-state index in [4.69, 9.17) is 23.4 Å². The van der Waals surface area contributed by atoms with Crippen LogP contribution in [0, 0.1) is 0 Å². The molecule has 7 heteroatoms. The van der Waals surface area contributed by atoms with Crippen LogP contribution in [0.3, 0.4) is 0 Å². The first-order chi connectivity index (χ1) is 28.3. The number of furan rings is 1. The summed E-state index contributed by atoms with van der Waals surface area (Å²) < 4.78 is 29.8. The number of benzene rings is 6. The Bertz CT molecular complexity index is 2960. The van der Waals surface area contributed by atoms with Crippen LogP contribution in [-0.2, 0) is 29.9 Å². The third-order valence-electron chi connectivity index (χ3n) is 11.8. The van der Waals surface area contributed by atoms with Gasteiger partial charge >= 0.3 is 11.9 Å². The molecule has 0 amide bonds. The predicted octanol–water partition coefficient (Wildman–Crippen LogP) is 12.6. The summed E-state index contributed by atoms with van der Waals surface area (Å²) in [6.07, 6.45) is 1.23. The molecule has 9 rings (SSSR count). The maximum absolute atomic E-state index is 12.2. The molecule has 0 saturated heterocycles. The van der Waals surface area contributed by atoms with Gasteiger partial charge in [-0.1, -0.05) is 114 Å². The Balaban J connectivity index is 1.24. The van der Waals surface area contributed by atoms with Gasteiger partial charge in [0.25, 0.3) is 5.95 Å². The second-order valence-electron chi connectivity index (χ2n) is 16.1. The summed E-state index contributed by atoms with van der Waals surface area (Å²) in [5.74, 6) is -0.640. The number of esters is 2. The summed E-state index contributed by atoms with van der Waals surface area (Å²) in [6.45, 7) is 21.5. The fraction of sp³-hybridized carbons (Fsp3) is 0.154. The van der Waals surface area contributed by atoms with Gasteiger partial charge < -0.3 is 23.4 Å². The summed E-state index contributed by atoms with van der Waals surface area (Å²) in [5.41, 5.74) is 13.7. The molecule has 0 N–H and O–H groups in total. The van der Waals surface area contributed by atoms with Gasteiger partial charge in [-0.2, -0.15) is 0 Å². The number of ether oxygens (including phenoxy) is 4. The second kappa shape index (κ2) is 13.8. The highest BCUT2D eigenvalue weighted by Gasteiger charge is 2.37. The Morgan fingerprint density at radius 2 is 1.07 bits per heavy atom. The van der Waals surface area contributed by atoms with Crippen molar-refractivity contribution in [3.8, 4) is 56.0 Å². The van der Waals surface area contributed by atoms with Gasteiger partial charge in [0.05, 0.1) is 0 Å². The van der Waals surface area contributed by atoms with Crippen molar-refractivity contribution in [1.29, 1.82) is 0 Å². The van der Waals surface area contributed by atoms with Crippen LogP contribution in [-0.4, -0.2) is 18.2 Å². The van der Waals surface area contributed by atoms with Crippen LogP contribution in [0.25, 0.3) is 66.4 Å². The minimum absolute atomic E-state index is 0.205. The molecule has 0 fully saturated rings. The monoisotopic (exact) mass is 778 g/mol. The van der Waals surface area contributed by atoms with E-state index < -0.39 is 18.2 Å². The Morgan fingerprint density at radius 1 is 0.593 bits per heavy atom. The molecule has 7 nitrogen and oxygen atoms in total. The summed E-state index contributed by atoms with van der Waals surface area (Å²) in [4.78, 5) is 24.4. The number of hydrogen-bond acceptors (Lipinski definition) is 7. The van der Waals surface area contributed by atoms with Gasteiger partial charge in [-0.15, -0.1) is 0 Å². The first-order valence-corrected chi connectivity index (χ1v) is 19.5. The summed E-state index contributed by atoms with van der Waals surface area (Å²) >= 11 is 0. The van der Waals surface area contributed by atoms with Crippen molar-refractivity contribution < 1.29 is 33.0 Å². The Kier molecular flexibility index (Phi) is 8.74. The normalized spacial score (nSPS) is 14.4. The maximum Gasteiger partial charge on any atom is 0.337 e. The minimum Gasteiger partial charge on any atom is -0.456 e. The highest BCUT2D eigenvalue weighted by Crippen LogP contribution is 2.52. The SMILES string of the molecule is C=CC(=O)OC(=C)Oc1cc2oc3cc(OC(C)OC(=O)C=C)c(-c4ccc5c(c4)C(C)(C)c4ccccc4-5)cc3c2cc1-c1ccc2c(c1)C(C)(C)c1ccccc1-2. The third kappa shape index (κ3) is 6.13. The first-order valence-electron chi connectivity index (χ1n) is 19.5. The zero-order valence-electron chi connectivity index (χ0n) is 33.6. The molecule has 0 radical (unpaired) electrons. The van der Waals surface area contributed by atoms with Gasteiger partial charge in [-0.3, -0.25) is 0 Å². The van der Waals surface area contributed by atoms with Crippen molar-refractivity contribution in [3.63, 3.8) is 0 Å². The predicted molar refractivity (Wildman–Crippen MR) is 232 cm³/mol. The molecule has 1 unspecified atom stereocenters. The summed E-state index contributed by atoms with van der Waals surface area (Å²) in [7, 11) is 0. The van der Waals surface area contributed by atoms with Crippen LogP contribution in [0.5, 0.6) is 11.5 Å². The highest BCUT2D eigenvalue weighted by atomic mass is 16.7. The largest absolute Gasteiger partial charge is 0.456 e. The van der Waals surface area contributed by atoms with Crippen molar-refractivity contribution >= 4 is 33.9 Å². The number of fused-ring (bicyclic) bond motifs is 9. The maximum atomic E-state index is 12.2. The molecule has 0 spiro atoms. The molecule has 1 atom stereocenters. The Morgan fingerprint density at radius 3 is 1.59 bits per heavy atom. The van der Waals surface area contributed by atoms with E-state index in [1.165, 1.54) is 44.5 Å². The van der Waals surface area contributed by atoms with E-state index in [9.17, 15) is 9.59 Å². The molecule has 1 heterocycles. The lowest BCUT2D eigenvalue weighted by Gasteiger charge is -2.22. The van der Waals surface area contributed by atoms with Crippen molar-refractivity contribution in [1.82, 2.24) is 0 Å². The standard InChI is InChI=1S/C52H42O7/c1-9-49(53)57-29(3)55-45-27-47-39(25-37(45)31-19-21-35-33-15-11-13-17-41(33)51(5,6)43(35)23-31)40-26-38(46(28-48(40)59-47)56-30(4)58-50(54)10-2)32-20-22-36-34-16-12-14-18-42(34)52(7,8)44(36)24-32/h9-28,30H,1-3H2,4-8H3. The molecular formula is C52H42O7. The van der Waals surface area contributed by atoms with Gasteiger partial charge in [0.15, 0.2) is 0 Å². The van der Waals surface area contributed by atoms with Gasteiger partial charge in [-0.25, -0.2) is 9.59 Å². The lowest BCUT2D eigenvalue weighted by Crippen LogP contribution is -2.19. The molecule has 1 aromatic heterocycles. The number of hydrogen-bond donors (Lipinski definition) is 0. The Labute approximate surface area is 342 Å². The molecule has 2 aliphatic rings. The zero-order valence-corrected chi connectivity index (χ0v) is 33.6. The van der Waals surface area contributed by atoms with E-state index in [0.717, 1.165) is 45.2 Å². The molecular weight excluding hydrogens is 737 g/mol. The third-order valence-corrected chi connectivity index (χ3v) is 11.8. The lowest BCUT2D eigenvalue weighted by atomic mass is 9.81. The zero-order chi connectivity index (χ0) is 41.4. The van der Waals surface area contributed by atoms with Crippen LogP contribution >= 0.6 is 0 Å². The van der Waals surface area contributed by atoms with Crippen molar-refractivity contribution in [2.45, 2.75) is 51.7 Å². The summed E-state index contributed by atoms with van der Waals surface area (Å²) in [6, 6.07) is 37.7. The fourth-order valence-electron chi connectivity index (χ4n) is 8.92. The molecule has 0 aliphatic heterocycles. The van der Waals surface area contributed by atoms with Crippen LogP contribution < -0.4 is 9.47 Å². The van der Waals surface area contributed by atoms with Gasteiger partial charge in [-0.05, 0) is 86.5 Å². The van der Waals surface area contributed by atoms with E-state index in [2.05, 4.69) is 138 Å². The van der Waals surface area contributed by atoms with E-state index >= 15 is 0 Å². The fourth-order valence-corrected chi connectivity index (χ4v) is 8.92. The van der Waals surface area contributed by atoms with Gasteiger partial charge in [0.2, 0.25) is 6.29 Å². The molecule has 6 aromatic carbocycles. The average Bonchev–Trinajstić information content (AvgIpc) is 3.77. The van der Waals surface area contributed by atoms with E-state index in [1.807, 2.05) is 12.1 Å². The molecule has 7 aromatic rings. The van der Waals surface area contributed by atoms with Gasteiger partial charge in [0, 0.05) is 63.9 Å². The number of rotatable bonds is 10. The van der Waals surface area contributed by atoms with E-state index in [1.54, 1.807) is 13.0 Å². The van der Waals surface area contributed by atoms with Crippen LogP contribution in [0.15, 0.2) is 151 Å². The quantitative estimate of drug-likeness (QED) is 0.0591. The van der Waals surface area contributed by atoms with Crippen LogP contribution in [0.1, 0.15) is 56.9 Å². The topological polar surface area (TPSA) is 84.2 Å². The molecule has 59 heavy (non-hydrogen) atoms. The molecule has 292 valence electrons. The molecule has 0 saturated carbocycles. The number of carbonyl (C=O) groups excluding carboxylic acids is 2. The molecule has 2 aliphatic carbocycles. The van der Waals surface area contributed by atoms with Gasteiger partial charge in [0.1, 0.15) is 22.7 Å². The minimum atomic E-state index is -0.928. The van der Waals surface area contributed by atoms with E-state index in [0.29, 0.717) is 22.7 Å². The number of carbonyl (C=O) groups is 2. The second-order valence-corrected chi connectivity index (χ2v) is 16.1. The van der Waals surface area contributed by atoms with Crippen molar-refractivity contribution in [2.75, 3.05) is 0 Å². The first kappa shape index (κ1) is 37.5. The van der Waals surface area contributed by atoms with Crippen molar-refractivity contribution in [3.05, 3.63) is 169 Å². The average molecular weight is 779 g/mol. The highest BCUT2D eigenvalue weighted by molar-refractivity contribution is 6.09. The lowest BCUT2D eigenvalue weighted by molar-refractivity contribution is -0.154.